The van der Waals surface area contributed by atoms with Gasteiger partial charge in [-0.1, -0.05) is 32.6 Å². The van der Waals surface area contributed by atoms with Gasteiger partial charge in [0.1, 0.15) is 0 Å². The minimum absolute atomic E-state index is 0.322. The fraction of sp³-hybridized carbons (Fsp3) is 0.900. The van der Waals surface area contributed by atoms with Gasteiger partial charge in [0.2, 0.25) is 0 Å². The number of thiol groups is 1. The summed E-state index contributed by atoms with van der Waals surface area (Å²) in [6.45, 7) is 2.10. The van der Waals surface area contributed by atoms with Gasteiger partial charge in [0, 0.05) is 6.42 Å². The normalized spacial score (nSPS) is 12.8. The molecule has 0 aliphatic heterocycles. The molecule has 13 heavy (non-hydrogen) atoms. The maximum atomic E-state index is 10.2. The second kappa shape index (κ2) is 8.42. The average Bonchev–Trinajstić information content (AvgIpc) is 2.01. The van der Waals surface area contributed by atoms with E-state index >= 15 is 0 Å². The Morgan fingerprint density at radius 1 is 1.23 bits per heavy atom. The zero-order chi connectivity index (χ0) is 10.1. The van der Waals surface area contributed by atoms with Gasteiger partial charge in [-0.05, 0) is 18.1 Å². The molecule has 78 valence electrons. The molecule has 0 aliphatic carbocycles. The second-order valence-electron chi connectivity index (χ2n) is 3.55. The molecule has 1 N–H and O–H groups in total. The summed E-state index contributed by atoms with van der Waals surface area (Å²) in [7, 11) is 0. The number of carboxylic acid groups (broad SMARTS) is 1. The van der Waals surface area contributed by atoms with Crippen LogP contribution in [0.5, 0.6) is 0 Å². The van der Waals surface area contributed by atoms with Gasteiger partial charge < -0.3 is 5.11 Å². The highest BCUT2D eigenvalue weighted by Crippen LogP contribution is 2.10. The van der Waals surface area contributed by atoms with Crippen molar-refractivity contribution < 1.29 is 9.90 Å². The van der Waals surface area contributed by atoms with E-state index in [9.17, 15) is 4.79 Å². The van der Waals surface area contributed by atoms with Crippen LogP contribution < -0.4 is 0 Å². The van der Waals surface area contributed by atoms with Crippen LogP contribution in [0.1, 0.15) is 51.9 Å². The predicted molar refractivity (Wildman–Crippen MR) is 58.4 cm³/mol. The quantitative estimate of drug-likeness (QED) is 0.471. The Morgan fingerprint density at radius 3 is 2.31 bits per heavy atom. The lowest BCUT2D eigenvalue weighted by Crippen LogP contribution is -1.94. The first-order chi connectivity index (χ1) is 6.13. The van der Waals surface area contributed by atoms with Crippen molar-refractivity contribution >= 4 is 18.6 Å². The van der Waals surface area contributed by atoms with Crippen molar-refractivity contribution in [3.05, 3.63) is 0 Å². The fourth-order valence-electron chi connectivity index (χ4n) is 1.25. The SMILES string of the molecule is CC(S)CCCCCCCC(=O)O. The smallest absolute Gasteiger partial charge is 0.303 e. The molecule has 0 saturated carbocycles. The summed E-state index contributed by atoms with van der Waals surface area (Å²) in [5.41, 5.74) is 0. The van der Waals surface area contributed by atoms with Gasteiger partial charge in [-0.2, -0.15) is 12.6 Å². The Kier molecular flexibility index (Phi) is 8.30. The Bertz CT molecular complexity index is 135. The number of carboxylic acids is 1. The first-order valence-electron chi connectivity index (χ1n) is 5.03. The van der Waals surface area contributed by atoms with Crippen LogP contribution in [0.2, 0.25) is 0 Å². The molecule has 0 heterocycles. The number of carbonyl (C=O) groups is 1. The maximum Gasteiger partial charge on any atom is 0.303 e. The molecule has 0 saturated heterocycles. The third kappa shape index (κ3) is 11.8. The molecule has 1 unspecified atom stereocenters. The van der Waals surface area contributed by atoms with Gasteiger partial charge in [0.25, 0.3) is 0 Å². The lowest BCUT2D eigenvalue weighted by Gasteiger charge is -2.02. The van der Waals surface area contributed by atoms with Gasteiger partial charge in [-0.15, -0.1) is 0 Å². The van der Waals surface area contributed by atoms with E-state index in [0.29, 0.717) is 11.7 Å². The molecule has 3 heteroatoms. The summed E-state index contributed by atoms with van der Waals surface area (Å²) in [5.74, 6) is -0.677. The van der Waals surface area contributed by atoms with E-state index in [1.54, 1.807) is 0 Å². The molecule has 1 atom stereocenters. The first-order valence-corrected chi connectivity index (χ1v) is 5.54. The Morgan fingerprint density at radius 2 is 1.77 bits per heavy atom. The predicted octanol–water partition coefficient (Wildman–Crippen LogP) is 3.12. The van der Waals surface area contributed by atoms with E-state index in [-0.39, 0.29) is 0 Å². The minimum atomic E-state index is -0.677. The third-order valence-electron chi connectivity index (χ3n) is 2.01. The molecule has 0 spiro atoms. The first kappa shape index (κ1) is 12.8. The van der Waals surface area contributed by atoms with E-state index in [0.717, 1.165) is 19.3 Å². The lowest BCUT2D eigenvalue weighted by atomic mass is 10.1. The van der Waals surface area contributed by atoms with E-state index in [2.05, 4.69) is 19.6 Å². The van der Waals surface area contributed by atoms with Gasteiger partial charge >= 0.3 is 5.97 Å². The molecule has 0 bridgehead atoms. The van der Waals surface area contributed by atoms with Crippen LogP contribution in [-0.4, -0.2) is 16.3 Å². The van der Waals surface area contributed by atoms with Crippen molar-refractivity contribution in [3.8, 4) is 0 Å². The largest absolute Gasteiger partial charge is 0.481 e. The van der Waals surface area contributed by atoms with Crippen LogP contribution in [0.25, 0.3) is 0 Å². The highest BCUT2D eigenvalue weighted by molar-refractivity contribution is 7.80. The highest BCUT2D eigenvalue weighted by atomic mass is 32.1. The number of unbranched alkanes of at least 4 members (excludes halogenated alkanes) is 4. The topological polar surface area (TPSA) is 37.3 Å². The maximum absolute atomic E-state index is 10.2. The summed E-state index contributed by atoms with van der Waals surface area (Å²) >= 11 is 4.29. The van der Waals surface area contributed by atoms with Gasteiger partial charge in [0.05, 0.1) is 0 Å². The number of aliphatic carboxylic acids is 1. The minimum Gasteiger partial charge on any atom is -0.481 e. The molecule has 0 aromatic heterocycles. The van der Waals surface area contributed by atoms with Crippen LogP contribution in [0, 0.1) is 0 Å². The van der Waals surface area contributed by atoms with Crippen LogP contribution in [0.15, 0.2) is 0 Å². The molecule has 0 aliphatic rings. The second-order valence-corrected chi connectivity index (χ2v) is 4.43. The van der Waals surface area contributed by atoms with Crippen molar-refractivity contribution in [2.45, 2.75) is 57.1 Å². The number of rotatable bonds is 8. The molecule has 0 aromatic carbocycles. The lowest BCUT2D eigenvalue weighted by molar-refractivity contribution is -0.137. The highest BCUT2D eigenvalue weighted by Gasteiger charge is 1.97. The van der Waals surface area contributed by atoms with Gasteiger partial charge in [-0.3, -0.25) is 4.79 Å². The summed E-state index contributed by atoms with van der Waals surface area (Å²) in [6.07, 6.45) is 6.96. The molecule has 0 aromatic rings. The van der Waals surface area contributed by atoms with Crippen molar-refractivity contribution in [2.75, 3.05) is 0 Å². The van der Waals surface area contributed by atoms with E-state index in [1.165, 1.54) is 19.3 Å². The zero-order valence-corrected chi connectivity index (χ0v) is 9.22. The molecule has 0 radical (unpaired) electrons. The summed E-state index contributed by atoms with van der Waals surface area (Å²) in [6, 6.07) is 0. The Labute approximate surface area is 86.1 Å². The molecule has 0 fully saturated rings. The third-order valence-corrected chi connectivity index (χ3v) is 2.27. The Balaban J connectivity index is 2.96. The molecular weight excluding hydrogens is 184 g/mol. The molecule has 2 nitrogen and oxygen atoms in total. The van der Waals surface area contributed by atoms with Crippen molar-refractivity contribution in [3.63, 3.8) is 0 Å². The van der Waals surface area contributed by atoms with Crippen LogP contribution in [0.4, 0.5) is 0 Å². The standard InChI is InChI=1S/C10H20O2S/c1-9(13)7-5-3-2-4-6-8-10(11)12/h9,13H,2-8H2,1H3,(H,11,12). The van der Waals surface area contributed by atoms with Crippen molar-refractivity contribution in [1.82, 2.24) is 0 Å². The van der Waals surface area contributed by atoms with Crippen LogP contribution in [0.3, 0.4) is 0 Å². The molecular formula is C10H20O2S. The molecule has 0 rings (SSSR count). The van der Waals surface area contributed by atoms with Gasteiger partial charge in [-0.25, -0.2) is 0 Å². The monoisotopic (exact) mass is 204 g/mol. The summed E-state index contributed by atoms with van der Waals surface area (Å²) < 4.78 is 0. The summed E-state index contributed by atoms with van der Waals surface area (Å²) in [5, 5.41) is 8.88. The van der Waals surface area contributed by atoms with Crippen molar-refractivity contribution in [1.29, 1.82) is 0 Å². The van der Waals surface area contributed by atoms with E-state index in [1.807, 2.05) is 0 Å². The van der Waals surface area contributed by atoms with Crippen LogP contribution >= 0.6 is 12.6 Å². The van der Waals surface area contributed by atoms with E-state index in [4.69, 9.17) is 5.11 Å². The van der Waals surface area contributed by atoms with Crippen LogP contribution in [-0.2, 0) is 4.79 Å². The summed E-state index contributed by atoms with van der Waals surface area (Å²) in [4.78, 5) is 10.2. The Hall–Kier alpha value is -0.180. The van der Waals surface area contributed by atoms with Gasteiger partial charge in [0.15, 0.2) is 0 Å². The zero-order valence-electron chi connectivity index (χ0n) is 8.33. The fourth-order valence-corrected chi connectivity index (χ4v) is 1.43. The number of hydrogen-bond acceptors (Lipinski definition) is 2. The average molecular weight is 204 g/mol. The van der Waals surface area contributed by atoms with E-state index < -0.39 is 5.97 Å². The molecule has 0 amide bonds. The number of hydrogen-bond donors (Lipinski definition) is 2. The van der Waals surface area contributed by atoms with Crippen molar-refractivity contribution in [2.24, 2.45) is 0 Å².